The molecule has 0 aliphatic heterocycles. The molecule has 0 heterocycles. The van der Waals surface area contributed by atoms with E-state index in [4.69, 9.17) is 10.5 Å². The van der Waals surface area contributed by atoms with Gasteiger partial charge in [0, 0.05) is 11.1 Å². The van der Waals surface area contributed by atoms with Gasteiger partial charge in [-0.2, -0.15) is 0 Å². The molecule has 0 saturated carbocycles. The van der Waals surface area contributed by atoms with Crippen molar-refractivity contribution in [3.8, 4) is 0 Å². The number of halogens is 1. The molecule has 0 spiro atoms. The minimum absolute atomic E-state index is 0.583. The Labute approximate surface area is 64.2 Å². The second-order valence-corrected chi connectivity index (χ2v) is 2.83. The van der Waals surface area contributed by atoms with E-state index in [0.29, 0.717) is 13.2 Å². The molecule has 0 amide bonds. The smallest absolute Gasteiger partial charge is 0.0775 e. The average Bonchev–Trinajstić information content (AvgIpc) is 1.80. The molecule has 3 heteroatoms. The van der Waals surface area contributed by atoms with Crippen molar-refractivity contribution in [3.63, 3.8) is 0 Å². The third kappa shape index (κ3) is 8.14. The molecule has 0 aromatic carbocycles. The maximum Gasteiger partial charge on any atom is 0.0775 e. The molecule has 2 N–H and O–H groups in total. The molecule has 0 aliphatic carbocycles. The fraction of sp³-hybridized carbons (Fsp3) is 0.667. The molecule has 0 bridgehead atoms. The van der Waals surface area contributed by atoms with E-state index in [1.807, 2.05) is 0 Å². The van der Waals surface area contributed by atoms with Crippen molar-refractivity contribution >= 4 is 15.9 Å². The number of ether oxygens (including phenoxy) is 1. The van der Waals surface area contributed by atoms with Gasteiger partial charge in [-0.15, -0.1) is 0 Å². The molecule has 0 unspecified atom stereocenters. The molecule has 54 valence electrons. The van der Waals surface area contributed by atoms with Gasteiger partial charge in [-0.25, -0.2) is 0 Å². The first-order chi connectivity index (χ1) is 4.27. The van der Waals surface area contributed by atoms with E-state index in [2.05, 4.69) is 22.5 Å². The molecule has 0 rings (SSSR count). The van der Waals surface area contributed by atoms with Gasteiger partial charge in [0.1, 0.15) is 0 Å². The maximum atomic E-state index is 5.23. The van der Waals surface area contributed by atoms with Gasteiger partial charge in [0.25, 0.3) is 0 Å². The summed E-state index contributed by atoms with van der Waals surface area (Å²) in [6, 6.07) is 0. The van der Waals surface area contributed by atoms with Crippen LogP contribution >= 0.6 is 15.9 Å². The predicted molar refractivity (Wildman–Crippen MR) is 42.6 cm³/mol. The minimum Gasteiger partial charge on any atom is -0.376 e. The van der Waals surface area contributed by atoms with Crippen LogP contribution in [0.4, 0.5) is 0 Å². The van der Waals surface area contributed by atoms with Crippen LogP contribution in [0.5, 0.6) is 0 Å². The van der Waals surface area contributed by atoms with Crippen LogP contribution in [0, 0.1) is 0 Å². The summed E-state index contributed by atoms with van der Waals surface area (Å²) in [6.45, 7) is 5.61. The lowest BCUT2D eigenvalue weighted by molar-refractivity contribution is 0.160. The molecule has 0 saturated heterocycles. The number of nitrogens with two attached hydrogens (primary N) is 1. The highest BCUT2D eigenvalue weighted by molar-refractivity contribution is 9.11. The zero-order valence-electron chi connectivity index (χ0n) is 5.40. The van der Waals surface area contributed by atoms with Crippen LogP contribution in [0.3, 0.4) is 0 Å². The van der Waals surface area contributed by atoms with E-state index < -0.39 is 0 Å². The summed E-state index contributed by atoms with van der Waals surface area (Å²) in [6.07, 6.45) is 0.917. The largest absolute Gasteiger partial charge is 0.376 e. The van der Waals surface area contributed by atoms with Crippen LogP contribution in [-0.2, 0) is 4.74 Å². The normalized spacial score (nSPS) is 9.56. The second-order valence-electron chi connectivity index (χ2n) is 1.71. The van der Waals surface area contributed by atoms with E-state index in [-0.39, 0.29) is 0 Å². The standard InChI is InChI=1S/C6H12BrNO/c1-6(7)5-9-4-2-3-8/h1-5,8H2. The summed E-state index contributed by atoms with van der Waals surface area (Å²) in [5.74, 6) is 0. The van der Waals surface area contributed by atoms with Crippen molar-refractivity contribution in [3.05, 3.63) is 11.1 Å². The Kier molecular flexibility index (Phi) is 6.36. The molecule has 0 aliphatic rings. The molecular formula is C6H12BrNO. The monoisotopic (exact) mass is 193 g/mol. The quantitative estimate of drug-likeness (QED) is 0.668. The number of hydrogen-bond donors (Lipinski definition) is 1. The van der Waals surface area contributed by atoms with Gasteiger partial charge in [0.05, 0.1) is 6.61 Å². The topological polar surface area (TPSA) is 35.2 Å². The van der Waals surface area contributed by atoms with Gasteiger partial charge in [0.2, 0.25) is 0 Å². The van der Waals surface area contributed by atoms with Crippen LogP contribution in [0.1, 0.15) is 6.42 Å². The lowest BCUT2D eigenvalue weighted by atomic mass is 10.5. The van der Waals surface area contributed by atoms with Crippen molar-refractivity contribution in [2.45, 2.75) is 6.42 Å². The Morgan fingerprint density at radius 3 is 2.78 bits per heavy atom. The van der Waals surface area contributed by atoms with E-state index in [9.17, 15) is 0 Å². The molecule has 2 nitrogen and oxygen atoms in total. The van der Waals surface area contributed by atoms with Gasteiger partial charge in [-0.1, -0.05) is 22.5 Å². The highest BCUT2D eigenvalue weighted by Gasteiger charge is 1.86. The van der Waals surface area contributed by atoms with Gasteiger partial charge >= 0.3 is 0 Å². The second kappa shape index (κ2) is 6.26. The lowest BCUT2D eigenvalue weighted by Crippen LogP contribution is -2.04. The lowest BCUT2D eigenvalue weighted by Gasteiger charge is -1.99. The maximum absolute atomic E-state index is 5.23. The molecule has 0 radical (unpaired) electrons. The zero-order valence-corrected chi connectivity index (χ0v) is 6.99. The SMILES string of the molecule is C=C(Br)COCCCN. The summed E-state index contributed by atoms with van der Waals surface area (Å²) in [4.78, 5) is 0. The average molecular weight is 194 g/mol. The molecule has 9 heavy (non-hydrogen) atoms. The molecule has 0 aromatic heterocycles. The summed E-state index contributed by atoms with van der Waals surface area (Å²) in [5, 5.41) is 0. The van der Waals surface area contributed by atoms with E-state index in [1.54, 1.807) is 0 Å². The minimum atomic E-state index is 0.583. The Hall–Kier alpha value is 0.140. The summed E-state index contributed by atoms with van der Waals surface area (Å²) in [7, 11) is 0. The first kappa shape index (κ1) is 9.14. The van der Waals surface area contributed by atoms with Crippen molar-refractivity contribution in [1.82, 2.24) is 0 Å². The zero-order chi connectivity index (χ0) is 7.11. The Morgan fingerprint density at radius 1 is 1.67 bits per heavy atom. The van der Waals surface area contributed by atoms with Crippen LogP contribution in [0.15, 0.2) is 11.1 Å². The highest BCUT2D eigenvalue weighted by Crippen LogP contribution is 1.99. The fourth-order valence-electron chi connectivity index (χ4n) is 0.368. The summed E-state index contributed by atoms with van der Waals surface area (Å²) < 4.78 is 5.98. The van der Waals surface area contributed by atoms with Crippen molar-refractivity contribution < 1.29 is 4.74 Å². The summed E-state index contributed by atoms with van der Waals surface area (Å²) >= 11 is 3.18. The molecule has 0 aromatic rings. The van der Waals surface area contributed by atoms with E-state index >= 15 is 0 Å². The van der Waals surface area contributed by atoms with Gasteiger partial charge in [0.15, 0.2) is 0 Å². The van der Waals surface area contributed by atoms with E-state index in [1.165, 1.54) is 0 Å². The highest BCUT2D eigenvalue weighted by atomic mass is 79.9. The van der Waals surface area contributed by atoms with Gasteiger partial charge in [-0.05, 0) is 13.0 Å². The van der Waals surface area contributed by atoms with Crippen LogP contribution < -0.4 is 5.73 Å². The Balaban J connectivity index is 2.83. The van der Waals surface area contributed by atoms with Gasteiger partial charge < -0.3 is 10.5 Å². The molecular weight excluding hydrogens is 182 g/mol. The summed E-state index contributed by atoms with van der Waals surface area (Å²) in [5.41, 5.74) is 5.23. The first-order valence-electron chi connectivity index (χ1n) is 2.88. The van der Waals surface area contributed by atoms with Crippen LogP contribution in [0.25, 0.3) is 0 Å². The Morgan fingerprint density at radius 2 is 2.33 bits per heavy atom. The van der Waals surface area contributed by atoms with Crippen LogP contribution in [-0.4, -0.2) is 19.8 Å². The van der Waals surface area contributed by atoms with Crippen molar-refractivity contribution in [2.24, 2.45) is 5.73 Å². The van der Waals surface area contributed by atoms with E-state index in [0.717, 1.165) is 17.5 Å². The first-order valence-corrected chi connectivity index (χ1v) is 3.67. The van der Waals surface area contributed by atoms with Crippen molar-refractivity contribution in [2.75, 3.05) is 19.8 Å². The number of rotatable bonds is 5. The third-order valence-electron chi connectivity index (χ3n) is 0.751. The predicted octanol–water partition coefficient (Wildman–Crippen LogP) is 1.26. The molecule has 0 atom stereocenters. The van der Waals surface area contributed by atoms with Crippen LogP contribution in [0.2, 0.25) is 0 Å². The van der Waals surface area contributed by atoms with Crippen molar-refractivity contribution in [1.29, 1.82) is 0 Å². The fourth-order valence-corrected chi connectivity index (χ4v) is 0.530. The van der Waals surface area contributed by atoms with Gasteiger partial charge in [-0.3, -0.25) is 0 Å². The number of hydrogen-bond acceptors (Lipinski definition) is 2. The Bertz CT molecular complexity index is 85.1. The molecule has 0 fully saturated rings. The third-order valence-corrected chi connectivity index (χ3v) is 0.980.